The molecule has 0 atom stereocenters. The van der Waals surface area contributed by atoms with Gasteiger partial charge in [0, 0.05) is 42.8 Å². The molecule has 1 aliphatic rings. The van der Waals surface area contributed by atoms with E-state index in [9.17, 15) is 21.6 Å². The van der Waals surface area contributed by atoms with Gasteiger partial charge in [-0.25, -0.2) is 13.4 Å². The molecule has 2 aromatic carbocycles. The van der Waals surface area contributed by atoms with Crippen LogP contribution in [0.1, 0.15) is 0 Å². The number of rotatable bonds is 4. The molecule has 2 aromatic heterocycles. The standard InChI is InChI=1S/C23H17Cl3F3N5O2S/c24-15-7-5-14(6-8-15)20-21(16-3-1-2-4-17(16)25)31-34-19(13-18(26)30-22(20)34)32-9-11-33(12-10-32)37(35,36)23(27,28)29/h1-8,13H,9-12H2. The highest BCUT2D eigenvalue weighted by Crippen LogP contribution is 2.40. The van der Waals surface area contributed by atoms with Gasteiger partial charge in [0.25, 0.3) is 0 Å². The normalized spacial score (nSPS) is 15.5. The molecular formula is C23H17Cl3F3N5O2S. The molecular weight excluding hydrogens is 574 g/mol. The highest BCUT2D eigenvalue weighted by Gasteiger charge is 2.50. The molecule has 0 saturated carbocycles. The quantitative estimate of drug-likeness (QED) is 0.273. The maximum absolute atomic E-state index is 13.0. The molecule has 0 radical (unpaired) electrons. The minimum atomic E-state index is -5.42. The second-order valence-corrected chi connectivity index (χ2v) is 11.4. The van der Waals surface area contributed by atoms with Crippen LogP contribution in [0.25, 0.3) is 28.0 Å². The minimum Gasteiger partial charge on any atom is -0.354 e. The first-order valence-corrected chi connectivity index (χ1v) is 13.5. The third-order valence-corrected chi connectivity index (χ3v) is 8.40. The van der Waals surface area contributed by atoms with E-state index in [1.54, 1.807) is 33.7 Å². The number of aromatic nitrogens is 3. The molecule has 7 nitrogen and oxygen atoms in total. The first-order chi connectivity index (χ1) is 17.5. The van der Waals surface area contributed by atoms with Gasteiger partial charge in [0.05, 0.1) is 10.6 Å². The lowest BCUT2D eigenvalue weighted by molar-refractivity contribution is -0.0490. The van der Waals surface area contributed by atoms with Crippen molar-refractivity contribution in [3.63, 3.8) is 0 Å². The fourth-order valence-corrected chi connectivity index (χ4v) is 5.69. The van der Waals surface area contributed by atoms with Crippen molar-refractivity contribution in [2.45, 2.75) is 5.51 Å². The van der Waals surface area contributed by atoms with Gasteiger partial charge in [-0.2, -0.15) is 27.1 Å². The van der Waals surface area contributed by atoms with Gasteiger partial charge in [-0.15, -0.1) is 0 Å². The van der Waals surface area contributed by atoms with Crippen molar-refractivity contribution in [1.29, 1.82) is 0 Å². The lowest BCUT2D eigenvalue weighted by Crippen LogP contribution is -2.52. The van der Waals surface area contributed by atoms with Gasteiger partial charge in [-0.3, -0.25) is 0 Å². The summed E-state index contributed by atoms with van der Waals surface area (Å²) >= 11 is 19.0. The van der Waals surface area contributed by atoms with Crippen molar-refractivity contribution >= 4 is 56.3 Å². The summed E-state index contributed by atoms with van der Waals surface area (Å²) in [7, 11) is -5.42. The number of nitrogens with zero attached hydrogens (tertiary/aromatic N) is 5. The van der Waals surface area contributed by atoms with Crippen LogP contribution in [-0.4, -0.2) is 59.0 Å². The third kappa shape index (κ3) is 4.74. The van der Waals surface area contributed by atoms with Gasteiger partial charge in [0.2, 0.25) is 0 Å². The molecule has 0 N–H and O–H groups in total. The van der Waals surface area contributed by atoms with Crippen LogP contribution in [0.2, 0.25) is 15.2 Å². The molecule has 5 rings (SSSR count). The van der Waals surface area contributed by atoms with Gasteiger partial charge < -0.3 is 4.90 Å². The summed E-state index contributed by atoms with van der Waals surface area (Å²) in [6.07, 6.45) is 0. The van der Waals surface area contributed by atoms with E-state index in [1.807, 2.05) is 24.3 Å². The summed E-state index contributed by atoms with van der Waals surface area (Å²) in [6.45, 7) is -0.734. The van der Waals surface area contributed by atoms with Crippen LogP contribution in [0.4, 0.5) is 19.0 Å². The van der Waals surface area contributed by atoms with E-state index >= 15 is 0 Å². The Bertz CT molecular complexity index is 1590. The van der Waals surface area contributed by atoms with E-state index in [-0.39, 0.29) is 31.3 Å². The molecule has 37 heavy (non-hydrogen) atoms. The third-order valence-electron chi connectivity index (χ3n) is 6.00. The van der Waals surface area contributed by atoms with Crippen molar-refractivity contribution in [2.75, 3.05) is 31.1 Å². The van der Waals surface area contributed by atoms with Crippen LogP contribution >= 0.6 is 34.8 Å². The second-order valence-electron chi connectivity index (χ2n) is 8.22. The average molecular weight is 591 g/mol. The molecule has 0 amide bonds. The Labute approximate surface area is 225 Å². The molecule has 0 spiro atoms. The summed E-state index contributed by atoms with van der Waals surface area (Å²) in [5, 5.41) is 5.92. The molecule has 194 valence electrons. The average Bonchev–Trinajstić information content (AvgIpc) is 3.22. The van der Waals surface area contributed by atoms with Crippen molar-refractivity contribution < 1.29 is 21.6 Å². The molecule has 0 unspecified atom stereocenters. The zero-order valence-electron chi connectivity index (χ0n) is 18.8. The maximum Gasteiger partial charge on any atom is 0.511 e. The monoisotopic (exact) mass is 589 g/mol. The number of piperazine rings is 1. The SMILES string of the molecule is O=S(=O)(N1CCN(c2cc(Cl)nc3c(-c4ccc(Cl)cc4)c(-c4ccccc4Cl)nn23)CC1)C(F)(F)F. The van der Waals surface area contributed by atoms with Gasteiger partial charge >= 0.3 is 15.5 Å². The van der Waals surface area contributed by atoms with Crippen molar-refractivity contribution in [2.24, 2.45) is 0 Å². The number of hydrogen-bond acceptors (Lipinski definition) is 5. The van der Waals surface area contributed by atoms with Crippen LogP contribution in [-0.2, 0) is 10.0 Å². The van der Waals surface area contributed by atoms with Crippen molar-refractivity contribution in [3.8, 4) is 22.4 Å². The first kappa shape index (κ1) is 26.1. The van der Waals surface area contributed by atoms with E-state index < -0.39 is 15.5 Å². The van der Waals surface area contributed by atoms with E-state index in [0.29, 0.717) is 42.6 Å². The molecule has 1 fully saturated rings. The van der Waals surface area contributed by atoms with Gasteiger partial charge in [0.15, 0.2) is 5.65 Å². The Morgan fingerprint density at radius 2 is 1.54 bits per heavy atom. The van der Waals surface area contributed by atoms with Crippen LogP contribution in [0.15, 0.2) is 54.6 Å². The predicted octanol–water partition coefficient (Wildman–Crippen LogP) is 6.00. The lowest BCUT2D eigenvalue weighted by Gasteiger charge is -2.35. The topological polar surface area (TPSA) is 70.8 Å². The van der Waals surface area contributed by atoms with E-state index in [4.69, 9.17) is 39.9 Å². The summed E-state index contributed by atoms with van der Waals surface area (Å²) in [6, 6.07) is 15.8. The fraction of sp³-hybridized carbons (Fsp3) is 0.217. The van der Waals surface area contributed by atoms with E-state index in [1.165, 1.54) is 6.07 Å². The highest BCUT2D eigenvalue weighted by atomic mass is 35.5. The van der Waals surface area contributed by atoms with Crippen LogP contribution < -0.4 is 4.90 Å². The van der Waals surface area contributed by atoms with Crippen molar-refractivity contribution in [1.82, 2.24) is 18.9 Å². The van der Waals surface area contributed by atoms with Crippen LogP contribution in [0, 0.1) is 0 Å². The Morgan fingerprint density at radius 3 is 2.16 bits per heavy atom. The van der Waals surface area contributed by atoms with Gasteiger partial charge in [-0.05, 0) is 23.8 Å². The maximum atomic E-state index is 13.0. The highest BCUT2D eigenvalue weighted by molar-refractivity contribution is 7.90. The number of fused-ring (bicyclic) bond motifs is 1. The Hall–Kier alpha value is -2.57. The Kier molecular flexibility index (Phi) is 6.78. The van der Waals surface area contributed by atoms with Crippen LogP contribution in [0.5, 0.6) is 0 Å². The smallest absolute Gasteiger partial charge is 0.354 e. The molecule has 0 aliphatic carbocycles. The summed E-state index contributed by atoms with van der Waals surface area (Å²) in [5.74, 6) is 0.451. The zero-order chi connectivity index (χ0) is 26.5. The van der Waals surface area contributed by atoms with E-state index in [2.05, 4.69) is 4.98 Å². The summed E-state index contributed by atoms with van der Waals surface area (Å²) in [5.41, 5.74) is -2.43. The predicted molar refractivity (Wildman–Crippen MR) is 138 cm³/mol. The van der Waals surface area contributed by atoms with Gasteiger partial charge in [-0.1, -0.05) is 65.1 Å². The largest absolute Gasteiger partial charge is 0.511 e. The summed E-state index contributed by atoms with van der Waals surface area (Å²) < 4.78 is 64.7. The Balaban J connectivity index is 1.64. The number of hydrogen-bond donors (Lipinski definition) is 0. The number of sulfonamides is 1. The molecule has 0 bridgehead atoms. The first-order valence-electron chi connectivity index (χ1n) is 10.9. The number of benzene rings is 2. The van der Waals surface area contributed by atoms with Crippen LogP contribution in [0.3, 0.4) is 0 Å². The number of alkyl halides is 3. The van der Waals surface area contributed by atoms with E-state index in [0.717, 1.165) is 5.56 Å². The lowest BCUT2D eigenvalue weighted by atomic mass is 10.0. The number of halogens is 6. The molecule has 1 aliphatic heterocycles. The Morgan fingerprint density at radius 1 is 0.892 bits per heavy atom. The number of anilines is 1. The van der Waals surface area contributed by atoms with Crippen molar-refractivity contribution in [3.05, 3.63) is 69.8 Å². The second kappa shape index (κ2) is 9.63. The zero-order valence-corrected chi connectivity index (χ0v) is 21.8. The molecule has 14 heteroatoms. The van der Waals surface area contributed by atoms with Gasteiger partial charge in [0.1, 0.15) is 16.7 Å². The summed E-state index contributed by atoms with van der Waals surface area (Å²) in [4.78, 5) is 6.22. The molecule has 1 saturated heterocycles. The fourth-order valence-electron chi connectivity index (χ4n) is 4.23. The molecule has 4 aromatic rings. The minimum absolute atomic E-state index is 0.0116. The molecule has 3 heterocycles.